The number of aliphatic carboxylic acids is 1. The molecule has 2 unspecified atom stereocenters. The second-order valence-electron chi connectivity index (χ2n) is 3.28. The molecule has 5 nitrogen and oxygen atoms in total. The average molecular weight is 209 g/mol. The molecule has 0 aliphatic carbocycles. The molecule has 0 saturated heterocycles. The first-order valence-corrected chi connectivity index (χ1v) is 4.70. The van der Waals surface area contributed by atoms with Crippen molar-refractivity contribution in [2.75, 3.05) is 7.05 Å². The first kappa shape index (κ1) is 11.6. The predicted molar refractivity (Wildman–Crippen MR) is 56.3 cm³/mol. The van der Waals surface area contributed by atoms with E-state index in [1.807, 2.05) is 12.1 Å². The molecule has 0 aliphatic rings. The van der Waals surface area contributed by atoms with Gasteiger partial charge in [-0.05, 0) is 19.2 Å². The maximum atomic E-state index is 10.5. The molecule has 0 aliphatic heterocycles. The Morgan fingerprint density at radius 2 is 2.40 bits per heavy atom. The maximum Gasteiger partial charge on any atom is 0.304 e. The first-order valence-electron chi connectivity index (χ1n) is 4.70. The highest BCUT2D eigenvalue weighted by atomic mass is 16.4. The summed E-state index contributed by atoms with van der Waals surface area (Å²) in [6.45, 7) is 0. The van der Waals surface area contributed by atoms with Crippen molar-refractivity contribution in [1.29, 1.82) is 0 Å². The molecule has 0 bridgehead atoms. The van der Waals surface area contributed by atoms with Crippen LogP contribution in [0.3, 0.4) is 0 Å². The number of hydrogen-bond acceptors (Lipinski definition) is 4. The molecule has 15 heavy (non-hydrogen) atoms. The Labute approximate surface area is 88.3 Å². The maximum absolute atomic E-state index is 10.5. The highest BCUT2D eigenvalue weighted by Crippen LogP contribution is 2.14. The van der Waals surface area contributed by atoms with Crippen LogP contribution in [-0.4, -0.2) is 29.1 Å². The summed E-state index contributed by atoms with van der Waals surface area (Å²) in [7, 11) is 1.74. The van der Waals surface area contributed by atoms with Crippen LogP contribution in [0.4, 0.5) is 0 Å². The molecule has 0 radical (unpaired) electrons. The minimum absolute atomic E-state index is 0.0813. The molecule has 5 heteroatoms. The van der Waals surface area contributed by atoms with Gasteiger partial charge in [0, 0.05) is 12.2 Å². The number of rotatable bonds is 5. The Hall–Kier alpha value is -1.46. The minimum atomic E-state index is -0.904. The van der Waals surface area contributed by atoms with E-state index < -0.39 is 12.0 Å². The van der Waals surface area contributed by atoms with Gasteiger partial charge in [0.05, 0.1) is 18.2 Å². The molecule has 1 heterocycles. The van der Waals surface area contributed by atoms with Crippen molar-refractivity contribution in [3.8, 4) is 0 Å². The van der Waals surface area contributed by atoms with E-state index in [0.29, 0.717) is 0 Å². The van der Waals surface area contributed by atoms with E-state index in [-0.39, 0.29) is 12.5 Å². The molecule has 1 aromatic rings. The predicted octanol–water partition coefficient (Wildman–Crippen LogP) is 0.144. The lowest BCUT2D eigenvalue weighted by atomic mass is 10.0. The molecular weight excluding hydrogens is 194 g/mol. The van der Waals surface area contributed by atoms with Crippen molar-refractivity contribution in [3.05, 3.63) is 30.1 Å². The number of nitrogens with one attached hydrogen (secondary N) is 1. The molecule has 1 rings (SSSR count). The quantitative estimate of drug-likeness (QED) is 0.642. The zero-order valence-electron chi connectivity index (χ0n) is 8.55. The van der Waals surface area contributed by atoms with Crippen LogP contribution in [-0.2, 0) is 4.79 Å². The van der Waals surface area contributed by atoms with E-state index in [4.69, 9.17) is 10.8 Å². The Bertz CT molecular complexity index is 316. The second kappa shape index (κ2) is 5.43. The number of carbonyl (C=O) groups is 1. The van der Waals surface area contributed by atoms with Gasteiger partial charge in [0.15, 0.2) is 0 Å². The van der Waals surface area contributed by atoms with Crippen LogP contribution >= 0.6 is 0 Å². The average Bonchev–Trinajstić information content (AvgIpc) is 2.19. The molecule has 82 valence electrons. The van der Waals surface area contributed by atoms with Crippen molar-refractivity contribution in [1.82, 2.24) is 10.3 Å². The summed E-state index contributed by atoms with van der Waals surface area (Å²) < 4.78 is 0. The topological polar surface area (TPSA) is 88.2 Å². The van der Waals surface area contributed by atoms with Gasteiger partial charge < -0.3 is 16.2 Å². The van der Waals surface area contributed by atoms with Gasteiger partial charge in [0.1, 0.15) is 0 Å². The van der Waals surface area contributed by atoms with Crippen molar-refractivity contribution in [3.63, 3.8) is 0 Å². The number of likely N-dealkylation sites (N-methyl/N-ethyl adjacent to an activating group) is 1. The van der Waals surface area contributed by atoms with Crippen LogP contribution in [0.25, 0.3) is 0 Å². The summed E-state index contributed by atoms with van der Waals surface area (Å²) in [4.78, 5) is 14.7. The molecule has 0 saturated carbocycles. The third-order valence-corrected chi connectivity index (χ3v) is 2.16. The van der Waals surface area contributed by atoms with E-state index in [0.717, 1.165) is 5.69 Å². The molecule has 0 aromatic carbocycles. The van der Waals surface area contributed by atoms with Gasteiger partial charge in [-0.15, -0.1) is 0 Å². The number of hydrogen-bond donors (Lipinski definition) is 3. The highest BCUT2D eigenvalue weighted by Gasteiger charge is 2.21. The fourth-order valence-corrected chi connectivity index (χ4v) is 1.46. The number of aromatic nitrogens is 1. The lowest BCUT2D eigenvalue weighted by molar-refractivity contribution is -0.137. The molecule has 0 fully saturated rings. The van der Waals surface area contributed by atoms with Crippen LogP contribution in [0.2, 0.25) is 0 Å². The van der Waals surface area contributed by atoms with Gasteiger partial charge >= 0.3 is 5.97 Å². The Morgan fingerprint density at radius 3 is 2.87 bits per heavy atom. The second-order valence-corrected chi connectivity index (χ2v) is 3.28. The van der Waals surface area contributed by atoms with E-state index in [1.165, 1.54) is 0 Å². The molecule has 2 atom stereocenters. The molecule has 0 spiro atoms. The van der Waals surface area contributed by atoms with Crippen LogP contribution < -0.4 is 11.1 Å². The summed E-state index contributed by atoms with van der Waals surface area (Å²) in [5.41, 5.74) is 6.54. The van der Waals surface area contributed by atoms with Gasteiger partial charge in [0.2, 0.25) is 0 Å². The van der Waals surface area contributed by atoms with Gasteiger partial charge in [-0.25, -0.2) is 0 Å². The Morgan fingerprint density at radius 1 is 1.67 bits per heavy atom. The normalized spacial score (nSPS) is 14.5. The molecular formula is C10H15N3O2. The number of carboxylic acids is 1. The van der Waals surface area contributed by atoms with Gasteiger partial charge in [0.25, 0.3) is 0 Å². The fourth-order valence-electron chi connectivity index (χ4n) is 1.46. The van der Waals surface area contributed by atoms with Crippen molar-refractivity contribution in [2.45, 2.75) is 18.5 Å². The van der Waals surface area contributed by atoms with Gasteiger partial charge in [-0.2, -0.15) is 0 Å². The van der Waals surface area contributed by atoms with E-state index >= 15 is 0 Å². The van der Waals surface area contributed by atoms with Gasteiger partial charge in [-0.1, -0.05) is 6.07 Å². The zero-order chi connectivity index (χ0) is 11.3. The minimum Gasteiger partial charge on any atom is -0.481 e. The first-order chi connectivity index (χ1) is 7.15. The number of nitrogens with two attached hydrogens (primary N) is 1. The third kappa shape index (κ3) is 3.30. The molecule has 0 amide bonds. The monoisotopic (exact) mass is 209 g/mol. The lowest BCUT2D eigenvalue weighted by Gasteiger charge is -2.21. The highest BCUT2D eigenvalue weighted by molar-refractivity contribution is 5.67. The van der Waals surface area contributed by atoms with Crippen LogP contribution in [0.15, 0.2) is 24.4 Å². The summed E-state index contributed by atoms with van der Waals surface area (Å²) in [6.07, 6.45) is 1.58. The van der Waals surface area contributed by atoms with Crippen LogP contribution in [0.5, 0.6) is 0 Å². The van der Waals surface area contributed by atoms with E-state index in [1.54, 1.807) is 19.3 Å². The standard InChI is InChI=1S/C10H15N3O2/c1-12-10(7(11)6-9(14)15)8-4-2-3-5-13-8/h2-5,7,10,12H,6,11H2,1H3,(H,14,15). The van der Waals surface area contributed by atoms with Crippen LogP contribution in [0.1, 0.15) is 18.2 Å². The van der Waals surface area contributed by atoms with Crippen molar-refractivity contribution >= 4 is 5.97 Å². The lowest BCUT2D eigenvalue weighted by Crippen LogP contribution is -2.38. The summed E-state index contributed by atoms with van der Waals surface area (Å²) in [5.74, 6) is -0.904. The van der Waals surface area contributed by atoms with E-state index in [9.17, 15) is 4.79 Å². The third-order valence-electron chi connectivity index (χ3n) is 2.16. The molecule has 4 N–H and O–H groups in total. The number of carboxylic acid groups (broad SMARTS) is 1. The molecule has 1 aromatic heterocycles. The van der Waals surface area contributed by atoms with Crippen molar-refractivity contribution in [2.24, 2.45) is 5.73 Å². The Balaban J connectivity index is 2.75. The summed E-state index contributed by atoms with van der Waals surface area (Å²) in [5, 5.41) is 11.6. The smallest absolute Gasteiger partial charge is 0.304 e. The van der Waals surface area contributed by atoms with Crippen LogP contribution in [0, 0.1) is 0 Å². The van der Waals surface area contributed by atoms with Crippen molar-refractivity contribution < 1.29 is 9.90 Å². The summed E-state index contributed by atoms with van der Waals surface area (Å²) >= 11 is 0. The van der Waals surface area contributed by atoms with E-state index in [2.05, 4.69) is 10.3 Å². The zero-order valence-corrected chi connectivity index (χ0v) is 8.55. The van der Waals surface area contributed by atoms with Gasteiger partial charge in [-0.3, -0.25) is 9.78 Å². The SMILES string of the molecule is CNC(c1ccccn1)C(N)CC(=O)O. The summed E-state index contributed by atoms with van der Waals surface area (Å²) in [6, 6.07) is 4.76. The largest absolute Gasteiger partial charge is 0.481 e. The number of pyridine rings is 1. The Kier molecular flexibility index (Phi) is 4.20. The number of nitrogens with zero attached hydrogens (tertiary/aromatic N) is 1. The fraction of sp³-hybridized carbons (Fsp3) is 0.400.